The Morgan fingerprint density at radius 2 is 2.04 bits per heavy atom. The summed E-state index contributed by atoms with van der Waals surface area (Å²) >= 11 is 0. The molecule has 1 amide bonds. The van der Waals surface area contributed by atoms with Gasteiger partial charge < -0.3 is 9.80 Å². The lowest BCUT2D eigenvalue weighted by molar-refractivity contribution is -0.145. The molecule has 1 spiro atoms. The largest absolute Gasteiger partial charge is 0.356 e. The Labute approximate surface area is 149 Å². The number of carbonyl (C=O) groups excluding carboxylic acids is 1. The molecule has 0 unspecified atom stereocenters. The fourth-order valence-corrected chi connectivity index (χ4v) is 4.32. The van der Waals surface area contributed by atoms with E-state index in [2.05, 4.69) is 46.0 Å². The molecule has 25 heavy (non-hydrogen) atoms. The van der Waals surface area contributed by atoms with E-state index in [4.69, 9.17) is 0 Å². The smallest absolute Gasteiger partial charge is 0.230 e. The van der Waals surface area contributed by atoms with E-state index >= 15 is 0 Å². The van der Waals surface area contributed by atoms with Gasteiger partial charge in [0, 0.05) is 32.4 Å². The number of carbonyl (C=O) groups is 1. The second-order valence-electron chi connectivity index (χ2n) is 7.46. The summed E-state index contributed by atoms with van der Waals surface area (Å²) in [5.41, 5.74) is 2.25. The highest BCUT2D eigenvalue weighted by molar-refractivity contribution is 5.85. The first-order valence-electron chi connectivity index (χ1n) is 9.17. The summed E-state index contributed by atoms with van der Waals surface area (Å²) in [5, 5.41) is 0. The quantitative estimate of drug-likeness (QED) is 0.862. The van der Waals surface area contributed by atoms with Gasteiger partial charge in [-0.05, 0) is 43.9 Å². The molecule has 1 aromatic heterocycles. The molecule has 130 valence electrons. The molecule has 0 aliphatic carbocycles. The van der Waals surface area contributed by atoms with Gasteiger partial charge in [0.05, 0.1) is 5.41 Å². The molecule has 3 heterocycles. The van der Waals surface area contributed by atoms with Crippen LogP contribution in [-0.2, 0) is 11.3 Å². The van der Waals surface area contributed by atoms with E-state index in [9.17, 15) is 4.79 Å². The summed E-state index contributed by atoms with van der Waals surface area (Å²) in [6.07, 6.45) is 4.85. The van der Waals surface area contributed by atoms with Crippen LogP contribution in [0.4, 0.5) is 5.82 Å². The summed E-state index contributed by atoms with van der Waals surface area (Å²) in [6.45, 7) is 5.42. The average Bonchev–Trinajstić information content (AvgIpc) is 3.05. The number of anilines is 1. The van der Waals surface area contributed by atoms with Gasteiger partial charge >= 0.3 is 0 Å². The van der Waals surface area contributed by atoms with Crippen LogP contribution < -0.4 is 4.90 Å². The highest BCUT2D eigenvalue weighted by Crippen LogP contribution is 2.41. The number of hydrogen-bond acceptors (Lipinski definition) is 3. The topological polar surface area (TPSA) is 36.4 Å². The van der Waals surface area contributed by atoms with Gasteiger partial charge in [0.2, 0.25) is 5.91 Å². The number of hydrogen-bond donors (Lipinski definition) is 0. The molecule has 2 saturated heterocycles. The van der Waals surface area contributed by atoms with Crippen LogP contribution in [0.1, 0.15) is 30.4 Å². The van der Waals surface area contributed by atoms with Crippen LogP contribution in [0.2, 0.25) is 0 Å². The van der Waals surface area contributed by atoms with Gasteiger partial charge in [-0.1, -0.05) is 35.9 Å². The zero-order valence-electron chi connectivity index (χ0n) is 14.8. The Morgan fingerprint density at radius 1 is 1.12 bits per heavy atom. The maximum absolute atomic E-state index is 13.3. The number of pyridine rings is 1. The fourth-order valence-electron chi connectivity index (χ4n) is 4.32. The number of piperidine rings is 1. The Hall–Kier alpha value is -2.36. The highest BCUT2D eigenvalue weighted by Gasteiger charge is 2.48. The Morgan fingerprint density at radius 3 is 2.84 bits per heavy atom. The van der Waals surface area contributed by atoms with Crippen molar-refractivity contribution in [3.8, 4) is 0 Å². The minimum Gasteiger partial charge on any atom is -0.356 e. The number of likely N-dealkylation sites (tertiary alicyclic amines) is 1. The van der Waals surface area contributed by atoms with Crippen molar-refractivity contribution < 1.29 is 4.79 Å². The summed E-state index contributed by atoms with van der Waals surface area (Å²) in [6, 6.07) is 14.5. The molecule has 1 atom stereocenters. The molecule has 4 heteroatoms. The number of aromatic nitrogens is 1. The van der Waals surface area contributed by atoms with Crippen molar-refractivity contribution in [1.29, 1.82) is 0 Å². The zero-order chi connectivity index (χ0) is 17.3. The first-order chi connectivity index (χ1) is 12.2. The average molecular weight is 335 g/mol. The first kappa shape index (κ1) is 16.1. The molecule has 0 bridgehead atoms. The van der Waals surface area contributed by atoms with Crippen molar-refractivity contribution in [1.82, 2.24) is 9.88 Å². The summed E-state index contributed by atoms with van der Waals surface area (Å²) in [4.78, 5) is 22.1. The van der Waals surface area contributed by atoms with Crippen LogP contribution in [-0.4, -0.2) is 35.4 Å². The van der Waals surface area contributed by atoms with Gasteiger partial charge in [-0.3, -0.25) is 4.79 Å². The number of amides is 1. The van der Waals surface area contributed by atoms with Crippen molar-refractivity contribution in [3.63, 3.8) is 0 Å². The number of benzene rings is 1. The van der Waals surface area contributed by atoms with Crippen LogP contribution in [0.25, 0.3) is 0 Å². The molecule has 4 nitrogen and oxygen atoms in total. The molecule has 0 saturated carbocycles. The van der Waals surface area contributed by atoms with Crippen LogP contribution in [0.5, 0.6) is 0 Å². The van der Waals surface area contributed by atoms with E-state index in [-0.39, 0.29) is 5.41 Å². The fraction of sp³-hybridized carbons (Fsp3) is 0.429. The van der Waals surface area contributed by atoms with Crippen LogP contribution in [0.15, 0.2) is 48.7 Å². The summed E-state index contributed by atoms with van der Waals surface area (Å²) < 4.78 is 0. The summed E-state index contributed by atoms with van der Waals surface area (Å²) in [5.74, 6) is 1.32. The van der Waals surface area contributed by atoms with Gasteiger partial charge in [-0.2, -0.15) is 0 Å². The number of nitrogens with zero attached hydrogens (tertiary/aromatic N) is 3. The van der Waals surface area contributed by atoms with Gasteiger partial charge in [-0.25, -0.2) is 4.98 Å². The van der Waals surface area contributed by atoms with Crippen molar-refractivity contribution in [2.45, 2.75) is 32.7 Å². The number of rotatable bonds is 3. The third kappa shape index (κ3) is 3.13. The Kier molecular flexibility index (Phi) is 4.20. The lowest BCUT2D eigenvalue weighted by Gasteiger charge is -2.39. The van der Waals surface area contributed by atoms with Crippen molar-refractivity contribution in [2.24, 2.45) is 5.41 Å². The van der Waals surface area contributed by atoms with Gasteiger partial charge in [0.25, 0.3) is 0 Å². The molecule has 2 aromatic rings. The first-order valence-corrected chi connectivity index (χ1v) is 9.17. The standard InChI is InChI=1S/C21H25N3O/c1-17-6-4-7-18(14-17)15-23-12-5-9-21(20(23)25)10-13-24(16-21)19-8-2-3-11-22-19/h2-4,6-8,11,14H,5,9-10,12-13,15-16H2,1H3/t21-/m1/s1. The van der Waals surface area contributed by atoms with Gasteiger partial charge in [0.15, 0.2) is 0 Å². The van der Waals surface area contributed by atoms with E-state index in [1.54, 1.807) is 0 Å². The van der Waals surface area contributed by atoms with Crippen molar-refractivity contribution >= 4 is 11.7 Å². The maximum atomic E-state index is 13.3. The van der Waals surface area contributed by atoms with Crippen molar-refractivity contribution in [2.75, 3.05) is 24.5 Å². The molecule has 2 fully saturated rings. The van der Waals surface area contributed by atoms with E-state index in [0.717, 1.165) is 51.3 Å². The third-order valence-corrected chi connectivity index (χ3v) is 5.61. The van der Waals surface area contributed by atoms with Crippen LogP contribution in [0.3, 0.4) is 0 Å². The lowest BCUT2D eigenvalue weighted by Crippen LogP contribution is -2.49. The van der Waals surface area contributed by atoms with E-state index in [1.165, 1.54) is 11.1 Å². The van der Waals surface area contributed by atoms with Crippen molar-refractivity contribution in [3.05, 3.63) is 59.8 Å². The SMILES string of the molecule is Cc1cccc(CN2CCC[C@]3(CCN(c4ccccn4)C3)C2=O)c1. The van der Waals surface area contributed by atoms with Gasteiger partial charge in [0.1, 0.15) is 5.82 Å². The van der Waals surface area contributed by atoms with E-state index < -0.39 is 0 Å². The summed E-state index contributed by atoms with van der Waals surface area (Å²) in [7, 11) is 0. The minimum absolute atomic E-state index is 0.223. The molecule has 2 aliphatic heterocycles. The van der Waals surface area contributed by atoms with Crippen LogP contribution in [0, 0.1) is 12.3 Å². The minimum atomic E-state index is -0.223. The maximum Gasteiger partial charge on any atom is 0.230 e. The molecular weight excluding hydrogens is 310 g/mol. The third-order valence-electron chi connectivity index (χ3n) is 5.61. The van der Waals surface area contributed by atoms with Crippen LogP contribution >= 0.6 is 0 Å². The Balaban J connectivity index is 1.50. The molecule has 0 radical (unpaired) electrons. The monoisotopic (exact) mass is 335 g/mol. The van der Waals surface area contributed by atoms with E-state index in [1.807, 2.05) is 24.4 Å². The predicted molar refractivity (Wildman–Crippen MR) is 99.3 cm³/mol. The Bertz CT molecular complexity index is 761. The van der Waals surface area contributed by atoms with Gasteiger partial charge in [-0.15, -0.1) is 0 Å². The predicted octanol–water partition coefficient (Wildman–Crippen LogP) is 3.41. The zero-order valence-corrected chi connectivity index (χ0v) is 14.8. The van der Waals surface area contributed by atoms with E-state index in [0.29, 0.717) is 5.91 Å². The normalized spacial score (nSPS) is 23.5. The second-order valence-corrected chi connectivity index (χ2v) is 7.46. The molecular formula is C21H25N3O. The molecule has 4 rings (SSSR count). The lowest BCUT2D eigenvalue weighted by atomic mass is 9.78. The number of aryl methyl sites for hydroxylation is 1. The molecule has 0 N–H and O–H groups in total. The highest BCUT2D eigenvalue weighted by atomic mass is 16.2. The molecule has 1 aromatic carbocycles. The molecule has 2 aliphatic rings. The second kappa shape index (κ2) is 6.51.